The average Bonchev–Trinajstić information content (AvgIpc) is 3.15. The molecule has 4 rings (SSSR count). The van der Waals surface area contributed by atoms with Gasteiger partial charge in [-0.1, -0.05) is 34.8 Å². The molecule has 0 atom stereocenters. The van der Waals surface area contributed by atoms with Crippen molar-refractivity contribution in [3.05, 3.63) is 85.2 Å². The molecule has 1 aliphatic rings. The van der Waals surface area contributed by atoms with E-state index in [9.17, 15) is 22.8 Å². The molecule has 0 radical (unpaired) electrons. The van der Waals surface area contributed by atoms with E-state index in [0.717, 1.165) is 18.2 Å². The van der Waals surface area contributed by atoms with E-state index >= 15 is 0 Å². The van der Waals surface area contributed by atoms with Crippen molar-refractivity contribution >= 4 is 58.0 Å². The highest BCUT2D eigenvalue weighted by atomic mass is 35.5. The first-order chi connectivity index (χ1) is 17.0. The fraction of sp³-hybridized carbons (Fsp3) is 0.208. The summed E-state index contributed by atoms with van der Waals surface area (Å²) in [7, 11) is 0. The summed E-state index contributed by atoms with van der Waals surface area (Å²) < 4.78 is 45.0. The van der Waals surface area contributed by atoms with E-state index in [0.29, 0.717) is 46.9 Å². The Balaban J connectivity index is 1.59. The van der Waals surface area contributed by atoms with Crippen LogP contribution in [0, 0.1) is 6.92 Å². The lowest BCUT2D eigenvalue weighted by Crippen LogP contribution is -2.22. The van der Waals surface area contributed by atoms with Gasteiger partial charge in [-0.2, -0.15) is 18.3 Å². The summed E-state index contributed by atoms with van der Waals surface area (Å²) >= 11 is 17.9. The third kappa shape index (κ3) is 5.38. The van der Waals surface area contributed by atoms with Gasteiger partial charge in [-0.25, -0.2) is 5.43 Å². The zero-order valence-corrected chi connectivity index (χ0v) is 20.8. The first kappa shape index (κ1) is 26.1. The minimum absolute atomic E-state index is 0.0591. The predicted octanol–water partition coefficient (Wildman–Crippen LogP) is 7.29. The first-order valence-corrected chi connectivity index (χ1v) is 11.7. The monoisotopic (exact) mass is 557 g/mol. The molecule has 0 bridgehead atoms. The van der Waals surface area contributed by atoms with Gasteiger partial charge < -0.3 is 9.73 Å². The first-order valence-electron chi connectivity index (χ1n) is 10.6. The molecule has 2 N–H and O–H groups in total. The number of alkyl halides is 3. The van der Waals surface area contributed by atoms with Crippen LogP contribution in [-0.2, 0) is 12.6 Å². The Bertz CT molecular complexity index is 1400. The van der Waals surface area contributed by atoms with E-state index in [2.05, 4.69) is 15.8 Å². The number of rotatable bonds is 4. The van der Waals surface area contributed by atoms with E-state index in [4.69, 9.17) is 39.2 Å². The molecule has 188 valence electrons. The number of halogens is 6. The summed E-state index contributed by atoms with van der Waals surface area (Å²) in [4.78, 5) is 25.4. The van der Waals surface area contributed by atoms with Crippen molar-refractivity contribution in [2.24, 2.45) is 5.10 Å². The number of carbonyl (C=O) groups excluding carboxylic acids is 2. The Morgan fingerprint density at radius 3 is 2.44 bits per heavy atom. The number of hydrogen-bond acceptors (Lipinski definition) is 4. The molecule has 0 unspecified atom stereocenters. The molecule has 36 heavy (non-hydrogen) atoms. The van der Waals surface area contributed by atoms with Gasteiger partial charge in [-0.3, -0.25) is 9.59 Å². The van der Waals surface area contributed by atoms with Crippen LogP contribution in [0.1, 0.15) is 56.2 Å². The summed E-state index contributed by atoms with van der Waals surface area (Å²) in [6, 6.07) is 7.06. The Labute approximate surface area is 218 Å². The van der Waals surface area contributed by atoms with Crippen LogP contribution in [0.5, 0.6) is 0 Å². The summed E-state index contributed by atoms with van der Waals surface area (Å²) in [5, 5.41) is 7.09. The van der Waals surface area contributed by atoms with Crippen molar-refractivity contribution in [3.63, 3.8) is 0 Å². The van der Waals surface area contributed by atoms with Crippen molar-refractivity contribution in [1.29, 1.82) is 0 Å². The second-order valence-corrected chi connectivity index (χ2v) is 9.23. The molecule has 3 aromatic rings. The van der Waals surface area contributed by atoms with E-state index in [1.54, 1.807) is 6.92 Å². The van der Waals surface area contributed by atoms with Crippen LogP contribution in [0.25, 0.3) is 0 Å². The normalized spacial score (nSPS) is 14.5. The van der Waals surface area contributed by atoms with Gasteiger partial charge >= 0.3 is 6.18 Å². The number of amides is 2. The zero-order valence-electron chi connectivity index (χ0n) is 18.5. The molecule has 12 heteroatoms. The van der Waals surface area contributed by atoms with Gasteiger partial charge in [-0.15, -0.1) is 0 Å². The molecular formula is C24H17Cl3F3N3O3. The van der Waals surface area contributed by atoms with Crippen molar-refractivity contribution in [2.45, 2.75) is 32.4 Å². The number of nitrogens with one attached hydrogen (secondary N) is 2. The van der Waals surface area contributed by atoms with Gasteiger partial charge in [0.1, 0.15) is 5.76 Å². The van der Waals surface area contributed by atoms with Gasteiger partial charge in [0.15, 0.2) is 5.76 Å². The molecular weight excluding hydrogens is 542 g/mol. The highest BCUT2D eigenvalue weighted by Crippen LogP contribution is 2.35. The molecule has 6 nitrogen and oxygen atoms in total. The van der Waals surface area contributed by atoms with Gasteiger partial charge in [0, 0.05) is 22.6 Å². The molecule has 2 aromatic carbocycles. The third-order valence-corrected chi connectivity index (χ3v) is 6.42. The maximum absolute atomic E-state index is 13.1. The molecule has 1 aliphatic carbocycles. The highest BCUT2D eigenvalue weighted by Gasteiger charge is 2.32. The van der Waals surface area contributed by atoms with Crippen molar-refractivity contribution < 1.29 is 27.2 Å². The smallest absolute Gasteiger partial charge is 0.416 e. The maximum atomic E-state index is 13.1. The van der Waals surface area contributed by atoms with Crippen molar-refractivity contribution in [2.75, 3.05) is 5.32 Å². The lowest BCUT2D eigenvalue weighted by atomic mass is 9.93. The number of fused-ring (bicyclic) bond motifs is 1. The Hall–Kier alpha value is -3.01. The van der Waals surface area contributed by atoms with Gasteiger partial charge in [0.05, 0.1) is 32.6 Å². The van der Waals surface area contributed by atoms with Crippen LogP contribution in [0.3, 0.4) is 0 Å². The fourth-order valence-electron chi connectivity index (χ4n) is 3.83. The Kier molecular flexibility index (Phi) is 7.36. The van der Waals surface area contributed by atoms with E-state index in [1.807, 2.05) is 0 Å². The van der Waals surface area contributed by atoms with E-state index < -0.39 is 23.6 Å². The summed E-state index contributed by atoms with van der Waals surface area (Å²) in [5.74, 6) is -0.916. The van der Waals surface area contributed by atoms with Crippen LogP contribution in [0.15, 0.2) is 45.9 Å². The minimum Gasteiger partial charge on any atom is -0.455 e. The van der Waals surface area contributed by atoms with Crippen LogP contribution < -0.4 is 10.7 Å². The average molecular weight is 559 g/mol. The number of hydrogen-bond donors (Lipinski definition) is 2. The van der Waals surface area contributed by atoms with Gasteiger partial charge in [-0.05, 0) is 56.2 Å². The molecule has 2 amide bonds. The number of benzene rings is 2. The minimum atomic E-state index is -4.60. The van der Waals surface area contributed by atoms with Crippen LogP contribution in [0.2, 0.25) is 15.1 Å². The Morgan fingerprint density at radius 1 is 1.00 bits per heavy atom. The lowest BCUT2D eigenvalue weighted by molar-refractivity contribution is -0.137. The van der Waals surface area contributed by atoms with E-state index in [-0.39, 0.29) is 27.1 Å². The van der Waals surface area contributed by atoms with Crippen LogP contribution >= 0.6 is 34.8 Å². The predicted molar refractivity (Wildman–Crippen MR) is 131 cm³/mol. The zero-order chi connectivity index (χ0) is 26.2. The Morgan fingerprint density at radius 2 is 1.75 bits per heavy atom. The topological polar surface area (TPSA) is 83.7 Å². The van der Waals surface area contributed by atoms with Crippen molar-refractivity contribution in [3.8, 4) is 0 Å². The number of hydrazone groups is 1. The quantitative estimate of drug-likeness (QED) is 0.330. The third-order valence-electron chi connectivity index (χ3n) is 5.54. The number of nitrogens with zero attached hydrogens (tertiary/aromatic N) is 1. The molecule has 0 spiro atoms. The van der Waals surface area contributed by atoms with Crippen molar-refractivity contribution in [1.82, 2.24) is 5.43 Å². The second kappa shape index (κ2) is 10.2. The van der Waals surface area contributed by atoms with Gasteiger partial charge in [0.25, 0.3) is 11.8 Å². The SMILES string of the molecule is Cc1c(C(=O)Nc2cc(C(F)(F)F)ccc2Cl)oc2c1/C(=N/NC(=O)c1ccc(Cl)cc1Cl)CCC2. The number of carbonyl (C=O) groups is 2. The number of aryl methyl sites for hydroxylation is 1. The molecule has 0 aliphatic heterocycles. The van der Waals surface area contributed by atoms with Crippen LogP contribution in [0.4, 0.5) is 18.9 Å². The summed E-state index contributed by atoms with van der Waals surface area (Å²) in [5.41, 5.74) is 2.97. The molecule has 0 fully saturated rings. The lowest BCUT2D eigenvalue weighted by Gasteiger charge is -2.13. The summed E-state index contributed by atoms with van der Waals surface area (Å²) in [6.45, 7) is 1.63. The standard InChI is InChI=1S/C24H17Cl3F3N3O3/c1-11-20-17(32-33-22(34)14-7-6-13(25)10-16(14)27)3-2-4-19(20)36-21(11)23(35)31-18-9-12(24(28,29)30)5-8-15(18)26/h5-10H,2-4H2,1H3,(H,31,35)(H,33,34)/b32-17+. The van der Waals surface area contributed by atoms with Gasteiger partial charge in [0.2, 0.25) is 0 Å². The second-order valence-electron chi connectivity index (χ2n) is 7.98. The van der Waals surface area contributed by atoms with Crippen LogP contribution in [-0.4, -0.2) is 17.5 Å². The maximum Gasteiger partial charge on any atom is 0.416 e. The number of furan rings is 1. The largest absolute Gasteiger partial charge is 0.455 e. The molecule has 1 heterocycles. The fourth-order valence-corrected chi connectivity index (χ4v) is 4.48. The molecule has 0 saturated carbocycles. The number of anilines is 1. The van der Waals surface area contributed by atoms with E-state index in [1.165, 1.54) is 18.2 Å². The molecule has 0 saturated heterocycles. The summed E-state index contributed by atoms with van der Waals surface area (Å²) in [6.07, 6.45) is -2.93. The molecule has 1 aromatic heterocycles. The highest BCUT2D eigenvalue weighted by molar-refractivity contribution is 6.36.